The number of amides is 1. The minimum absolute atomic E-state index is 0.0736. The molecule has 0 spiro atoms. The Morgan fingerprint density at radius 3 is 2.38 bits per heavy atom. The number of benzene rings is 2. The van der Waals surface area contributed by atoms with E-state index in [0.717, 1.165) is 49.4 Å². The molecular formula is C40H46Cl2N6O5. The fourth-order valence-electron chi connectivity index (χ4n) is 7.94. The number of hydrogen-bond donors (Lipinski definition) is 1. The third kappa shape index (κ3) is 7.28. The number of carbonyl (C=O) groups excluding carboxylic acids is 2. The summed E-state index contributed by atoms with van der Waals surface area (Å²) >= 11 is 14.1. The number of rotatable bonds is 11. The smallest absolute Gasteiger partial charge is 0.309 e. The fourth-order valence-corrected chi connectivity index (χ4v) is 8.55. The molecule has 4 heterocycles. The molecular weight excluding hydrogens is 715 g/mol. The number of fused-ring (bicyclic) bond motifs is 2. The van der Waals surface area contributed by atoms with Gasteiger partial charge in [-0.1, -0.05) is 60.5 Å². The molecule has 0 bridgehead atoms. The Morgan fingerprint density at radius 1 is 0.981 bits per heavy atom. The molecule has 0 atom stereocenters. The maximum atomic E-state index is 13.8. The van der Waals surface area contributed by atoms with Crippen molar-refractivity contribution in [2.24, 2.45) is 12.5 Å². The first-order chi connectivity index (χ1) is 25.4. The number of aromatic nitrogens is 3. The standard InChI is InChI=1S/C40H46Cl2N6O5/c1-5-45(3)18-15-34(50)48-22-30-33(23-48)53-38(44-30)28-11-7-10-27(36(28)42)26-9-6-8-24(35(26)41)20-32(49)37-43-29-21-47(19-14-31(29)46(37)4)25-12-16-40(2,17-13-25)39(51)52/h6-11,25H,5,12-23H2,1-4H3,(H,51,52). The largest absolute Gasteiger partial charge is 0.481 e. The second-order valence-corrected chi connectivity index (χ2v) is 15.8. The van der Waals surface area contributed by atoms with E-state index in [-0.39, 0.29) is 18.1 Å². The third-order valence-corrected chi connectivity index (χ3v) is 12.5. The van der Waals surface area contributed by atoms with Crippen LogP contribution in [0.3, 0.4) is 0 Å². The lowest BCUT2D eigenvalue weighted by molar-refractivity contribution is -0.150. The zero-order valence-corrected chi connectivity index (χ0v) is 32.3. The Morgan fingerprint density at radius 2 is 1.68 bits per heavy atom. The number of Topliss-reactive ketones (excluding diaryl/α,β-unsaturated/α-hetero) is 1. The van der Waals surface area contributed by atoms with E-state index in [9.17, 15) is 19.5 Å². The Kier molecular flexibility index (Phi) is 10.6. The van der Waals surface area contributed by atoms with Crippen LogP contribution in [-0.4, -0.2) is 84.7 Å². The van der Waals surface area contributed by atoms with Gasteiger partial charge in [-0.25, -0.2) is 9.97 Å². The first-order valence-electron chi connectivity index (χ1n) is 18.4. The topological polar surface area (TPSA) is 125 Å². The molecule has 2 aromatic heterocycles. The first kappa shape index (κ1) is 37.3. The van der Waals surface area contributed by atoms with E-state index >= 15 is 0 Å². The maximum absolute atomic E-state index is 13.8. The molecule has 11 nitrogen and oxygen atoms in total. The number of carbonyl (C=O) groups is 3. The van der Waals surface area contributed by atoms with E-state index < -0.39 is 11.4 Å². The van der Waals surface area contributed by atoms with Gasteiger partial charge >= 0.3 is 5.97 Å². The molecule has 2 aliphatic heterocycles. The van der Waals surface area contributed by atoms with Gasteiger partial charge in [0.1, 0.15) is 11.5 Å². The number of carboxylic acids is 1. The van der Waals surface area contributed by atoms with E-state index in [4.69, 9.17) is 37.6 Å². The highest BCUT2D eigenvalue weighted by molar-refractivity contribution is 6.38. The van der Waals surface area contributed by atoms with Crippen molar-refractivity contribution in [3.8, 4) is 22.6 Å². The highest BCUT2D eigenvalue weighted by Crippen LogP contribution is 2.42. The van der Waals surface area contributed by atoms with E-state index in [1.54, 1.807) is 4.90 Å². The van der Waals surface area contributed by atoms with Gasteiger partial charge in [-0.2, -0.15) is 0 Å². The predicted molar refractivity (Wildman–Crippen MR) is 203 cm³/mol. The van der Waals surface area contributed by atoms with Crippen LogP contribution in [0.4, 0.5) is 0 Å². The summed E-state index contributed by atoms with van der Waals surface area (Å²) in [5, 5.41) is 10.5. The maximum Gasteiger partial charge on any atom is 0.309 e. The number of ketones is 1. The van der Waals surface area contributed by atoms with Gasteiger partial charge in [0.05, 0.1) is 39.8 Å². The van der Waals surface area contributed by atoms with Gasteiger partial charge in [0.2, 0.25) is 17.6 Å². The lowest BCUT2D eigenvalue weighted by Crippen LogP contribution is -2.44. The molecule has 280 valence electrons. The number of imidazole rings is 1. The van der Waals surface area contributed by atoms with Crippen molar-refractivity contribution >= 4 is 40.9 Å². The average molecular weight is 762 g/mol. The van der Waals surface area contributed by atoms with Crippen LogP contribution in [0.1, 0.15) is 85.0 Å². The lowest BCUT2D eigenvalue weighted by atomic mass is 9.73. The zero-order valence-electron chi connectivity index (χ0n) is 30.8. The van der Waals surface area contributed by atoms with Gasteiger partial charge in [0.25, 0.3) is 0 Å². The molecule has 2 aromatic carbocycles. The van der Waals surface area contributed by atoms with Gasteiger partial charge in [0.15, 0.2) is 5.82 Å². The number of hydrogen-bond acceptors (Lipinski definition) is 8. The van der Waals surface area contributed by atoms with Crippen LogP contribution >= 0.6 is 23.2 Å². The Hall–Kier alpha value is -4.03. The highest BCUT2D eigenvalue weighted by atomic mass is 35.5. The van der Waals surface area contributed by atoms with Crippen LogP contribution in [-0.2, 0) is 49.1 Å². The summed E-state index contributed by atoms with van der Waals surface area (Å²) in [6.07, 6.45) is 4.32. The van der Waals surface area contributed by atoms with Crippen molar-refractivity contribution in [2.75, 3.05) is 26.7 Å². The number of oxazole rings is 1. The predicted octanol–water partition coefficient (Wildman–Crippen LogP) is 7.05. The Bertz CT molecular complexity index is 2040. The van der Waals surface area contributed by atoms with Crippen molar-refractivity contribution < 1.29 is 23.9 Å². The molecule has 1 N–H and O–H groups in total. The minimum atomic E-state index is -0.713. The van der Waals surface area contributed by atoms with Gasteiger partial charge in [-0.05, 0) is 57.8 Å². The van der Waals surface area contributed by atoms with Gasteiger partial charge in [-0.15, -0.1) is 0 Å². The van der Waals surface area contributed by atoms with Crippen LogP contribution in [0, 0.1) is 5.41 Å². The molecule has 1 fully saturated rings. The van der Waals surface area contributed by atoms with Crippen LogP contribution in [0.2, 0.25) is 10.0 Å². The minimum Gasteiger partial charge on any atom is -0.481 e. The van der Waals surface area contributed by atoms with Crippen LogP contribution in [0.5, 0.6) is 0 Å². The lowest BCUT2D eigenvalue weighted by Gasteiger charge is -2.41. The van der Waals surface area contributed by atoms with Crippen molar-refractivity contribution in [1.29, 1.82) is 0 Å². The van der Waals surface area contributed by atoms with Gasteiger partial charge < -0.3 is 23.9 Å². The summed E-state index contributed by atoms with van der Waals surface area (Å²) in [5.41, 5.74) is 4.74. The summed E-state index contributed by atoms with van der Waals surface area (Å²) < 4.78 is 8.08. The second kappa shape index (κ2) is 15.0. The van der Waals surface area contributed by atoms with Crippen LogP contribution in [0.15, 0.2) is 40.8 Å². The molecule has 0 unspecified atom stereocenters. The summed E-state index contributed by atoms with van der Waals surface area (Å²) in [6, 6.07) is 11.5. The molecule has 7 rings (SSSR count). The SMILES string of the molecule is CCN(C)CCC(=O)N1Cc2nc(-c3cccc(-c4cccc(CC(=O)c5nc6c(n5C)CCN(C5CCC(C)(C(=O)O)CC5)C6)c4Cl)c3Cl)oc2C1. The van der Waals surface area contributed by atoms with Crippen LogP contribution in [0.25, 0.3) is 22.6 Å². The molecule has 1 saturated carbocycles. The normalized spacial score (nSPS) is 20.1. The van der Waals surface area contributed by atoms with Gasteiger partial charge in [-0.3, -0.25) is 19.3 Å². The van der Waals surface area contributed by atoms with Crippen molar-refractivity contribution in [2.45, 2.75) is 84.5 Å². The molecule has 3 aliphatic rings. The van der Waals surface area contributed by atoms with E-state index in [1.807, 2.05) is 62.0 Å². The summed E-state index contributed by atoms with van der Waals surface area (Å²) in [7, 11) is 3.90. The fraction of sp³-hybridized carbons (Fsp3) is 0.475. The van der Waals surface area contributed by atoms with Crippen molar-refractivity contribution in [3.63, 3.8) is 0 Å². The van der Waals surface area contributed by atoms with Crippen molar-refractivity contribution in [1.82, 2.24) is 29.2 Å². The van der Waals surface area contributed by atoms with E-state index in [2.05, 4.69) is 16.7 Å². The number of aliphatic carboxylic acids is 1. The quantitative estimate of drug-likeness (QED) is 0.160. The number of nitrogens with zero attached hydrogens (tertiary/aromatic N) is 6. The Balaban J connectivity index is 1.04. The first-order valence-corrected chi connectivity index (χ1v) is 19.2. The molecule has 0 radical (unpaired) electrons. The molecule has 4 aromatic rings. The average Bonchev–Trinajstić information content (AvgIpc) is 3.83. The zero-order chi connectivity index (χ0) is 37.6. The molecule has 1 amide bonds. The van der Waals surface area contributed by atoms with Crippen LogP contribution < -0.4 is 0 Å². The second-order valence-electron chi connectivity index (χ2n) is 15.0. The van der Waals surface area contributed by atoms with E-state index in [1.165, 1.54) is 0 Å². The third-order valence-electron chi connectivity index (χ3n) is 11.6. The Labute approximate surface area is 319 Å². The number of halogens is 2. The molecule has 53 heavy (non-hydrogen) atoms. The number of carboxylic acid groups (broad SMARTS) is 1. The molecule has 0 saturated heterocycles. The highest BCUT2D eigenvalue weighted by Gasteiger charge is 2.40. The monoisotopic (exact) mass is 760 g/mol. The van der Waals surface area contributed by atoms with E-state index in [0.29, 0.717) is 101 Å². The molecule has 13 heteroatoms. The summed E-state index contributed by atoms with van der Waals surface area (Å²) in [6.45, 7) is 7.79. The van der Waals surface area contributed by atoms with Gasteiger partial charge in [0, 0.05) is 68.8 Å². The summed E-state index contributed by atoms with van der Waals surface area (Å²) in [4.78, 5) is 54.2. The summed E-state index contributed by atoms with van der Waals surface area (Å²) in [5.74, 6) is 0.701. The van der Waals surface area contributed by atoms with Crippen molar-refractivity contribution in [3.05, 3.63) is 80.7 Å². The molecule has 1 aliphatic carbocycles.